The van der Waals surface area contributed by atoms with Crippen LogP contribution in [0.5, 0.6) is 5.75 Å². The molecule has 40 heavy (non-hydrogen) atoms. The lowest BCUT2D eigenvalue weighted by Gasteiger charge is -2.38. The molecule has 1 aliphatic heterocycles. The number of benzene rings is 3. The van der Waals surface area contributed by atoms with Gasteiger partial charge in [0.2, 0.25) is 5.82 Å². The van der Waals surface area contributed by atoms with Crippen LogP contribution in [-0.2, 0) is 4.74 Å². The second kappa shape index (κ2) is 13.6. The Morgan fingerprint density at radius 3 is 2.12 bits per heavy atom. The molecule has 3 aromatic rings. The van der Waals surface area contributed by atoms with Gasteiger partial charge in [0.05, 0.1) is 12.7 Å². The lowest BCUT2D eigenvalue weighted by molar-refractivity contribution is -0.0572. The Kier molecular flexibility index (Phi) is 9.70. The largest absolute Gasteiger partial charge is 0.490 e. The van der Waals surface area contributed by atoms with Gasteiger partial charge >= 0.3 is 0 Å². The van der Waals surface area contributed by atoms with E-state index in [0.717, 1.165) is 30.6 Å². The zero-order valence-corrected chi connectivity index (χ0v) is 23.7. The Bertz CT molecular complexity index is 1240. The van der Waals surface area contributed by atoms with Crippen LogP contribution in [0, 0.1) is 23.5 Å². The Labute approximate surface area is 238 Å². The van der Waals surface area contributed by atoms with Crippen LogP contribution >= 0.6 is 0 Å². The zero-order chi connectivity index (χ0) is 27.9. The van der Waals surface area contributed by atoms with E-state index < -0.39 is 11.6 Å². The van der Waals surface area contributed by atoms with Crippen molar-refractivity contribution in [3.63, 3.8) is 0 Å². The number of hydrogen-bond acceptors (Lipinski definition) is 2. The Morgan fingerprint density at radius 1 is 0.825 bits per heavy atom. The minimum atomic E-state index is -0.932. The third-order valence-electron chi connectivity index (χ3n) is 8.90. The summed E-state index contributed by atoms with van der Waals surface area (Å²) >= 11 is 0. The van der Waals surface area contributed by atoms with E-state index in [-0.39, 0.29) is 11.3 Å². The fraction of sp³-hybridized carbons (Fsp3) is 0.444. The van der Waals surface area contributed by atoms with Crippen molar-refractivity contribution in [3.8, 4) is 28.0 Å². The summed E-state index contributed by atoms with van der Waals surface area (Å²) in [7, 11) is 0. The monoisotopic (exact) mass is 544 g/mol. The maximum absolute atomic E-state index is 14.7. The first-order chi connectivity index (χ1) is 19.6. The Morgan fingerprint density at radius 2 is 1.50 bits per heavy atom. The molecule has 1 saturated heterocycles. The van der Waals surface area contributed by atoms with Crippen LogP contribution in [0.25, 0.3) is 22.3 Å². The highest BCUT2D eigenvalue weighted by Gasteiger charge is 2.32. The summed E-state index contributed by atoms with van der Waals surface area (Å²) in [5, 5.41) is 0. The van der Waals surface area contributed by atoms with E-state index in [9.17, 15) is 8.78 Å². The molecular formula is C36H42F2O2. The number of halogens is 2. The highest BCUT2D eigenvalue weighted by atomic mass is 19.2. The van der Waals surface area contributed by atoms with Crippen molar-refractivity contribution >= 4 is 0 Å². The first-order valence-corrected chi connectivity index (χ1v) is 15.1. The summed E-state index contributed by atoms with van der Waals surface area (Å²) < 4.78 is 40.8. The number of hydrogen-bond donors (Lipinski definition) is 0. The van der Waals surface area contributed by atoms with E-state index in [2.05, 4.69) is 30.8 Å². The first kappa shape index (κ1) is 28.5. The van der Waals surface area contributed by atoms with Gasteiger partial charge in [0.25, 0.3) is 0 Å². The van der Waals surface area contributed by atoms with Crippen molar-refractivity contribution < 1.29 is 18.3 Å². The standard InChI is InChI=1S/C36H42F2O2/c1-3-5-6-25-7-21-33(40-24-25)31-18-14-29(15-19-31)27-10-8-26(9-11-27)28-12-16-30(17-13-28)32-20-22-34(39-23-4-2)36(38)35(32)37/h3,8-13,16-17,20,22,25,29,31,33H,1,4-7,14-15,18-19,21,23-24H2,2H3. The molecule has 1 saturated carbocycles. The van der Waals surface area contributed by atoms with Gasteiger partial charge in [-0.3, -0.25) is 0 Å². The normalized spacial score (nSPS) is 23.1. The van der Waals surface area contributed by atoms with E-state index in [1.54, 1.807) is 6.07 Å². The molecule has 2 atom stereocenters. The molecular weight excluding hydrogens is 502 g/mol. The van der Waals surface area contributed by atoms with Crippen molar-refractivity contribution in [2.75, 3.05) is 13.2 Å². The van der Waals surface area contributed by atoms with Gasteiger partial charge in [-0.05, 0) is 110 Å². The smallest absolute Gasteiger partial charge is 0.201 e. The molecule has 0 aromatic heterocycles. The second-order valence-corrected chi connectivity index (χ2v) is 11.6. The van der Waals surface area contributed by atoms with Crippen LogP contribution in [0.1, 0.15) is 76.2 Å². The lowest BCUT2D eigenvalue weighted by Crippen LogP contribution is -2.34. The number of ether oxygens (including phenoxy) is 2. The molecule has 5 rings (SSSR count). The summed E-state index contributed by atoms with van der Waals surface area (Å²) in [6.45, 7) is 7.06. The van der Waals surface area contributed by atoms with Crippen LogP contribution in [0.4, 0.5) is 8.78 Å². The average Bonchev–Trinajstić information content (AvgIpc) is 3.01. The third-order valence-corrected chi connectivity index (χ3v) is 8.90. The summed E-state index contributed by atoms with van der Waals surface area (Å²) in [4.78, 5) is 0. The summed E-state index contributed by atoms with van der Waals surface area (Å²) in [6.07, 6.45) is 13.0. The number of rotatable bonds is 10. The molecule has 1 aliphatic carbocycles. The number of allylic oxidation sites excluding steroid dienone is 1. The molecule has 0 amide bonds. The molecule has 212 valence electrons. The minimum Gasteiger partial charge on any atom is -0.490 e. The van der Waals surface area contributed by atoms with Gasteiger partial charge in [0.1, 0.15) is 0 Å². The maximum Gasteiger partial charge on any atom is 0.201 e. The van der Waals surface area contributed by atoms with Gasteiger partial charge in [-0.2, -0.15) is 4.39 Å². The third kappa shape index (κ3) is 6.66. The highest BCUT2D eigenvalue weighted by molar-refractivity contribution is 5.71. The molecule has 0 N–H and O–H groups in total. The molecule has 4 heteroatoms. The summed E-state index contributed by atoms with van der Waals surface area (Å²) in [6, 6.07) is 19.6. The van der Waals surface area contributed by atoms with E-state index in [0.29, 0.717) is 36.0 Å². The molecule has 1 heterocycles. The predicted octanol–water partition coefficient (Wildman–Crippen LogP) is 10.1. The van der Waals surface area contributed by atoms with E-state index >= 15 is 0 Å². The van der Waals surface area contributed by atoms with Crippen LogP contribution in [0.2, 0.25) is 0 Å². The molecule has 3 aromatic carbocycles. The van der Waals surface area contributed by atoms with Crippen LogP contribution in [0.15, 0.2) is 73.3 Å². The minimum absolute atomic E-state index is 0.0383. The van der Waals surface area contributed by atoms with Gasteiger partial charge < -0.3 is 9.47 Å². The van der Waals surface area contributed by atoms with Crippen LogP contribution < -0.4 is 4.74 Å². The topological polar surface area (TPSA) is 18.5 Å². The summed E-state index contributed by atoms with van der Waals surface area (Å²) in [5.74, 6) is 0.179. The van der Waals surface area contributed by atoms with E-state index in [1.807, 2.05) is 37.3 Å². The van der Waals surface area contributed by atoms with Crippen molar-refractivity contribution in [2.24, 2.45) is 11.8 Å². The maximum atomic E-state index is 14.7. The van der Waals surface area contributed by atoms with Gasteiger partial charge in [-0.25, -0.2) is 4.39 Å². The molecule has 2 nitrogen and oxygen atoms in total. The molecule has 0 radical (unpaired) electrons. The van der Waals surface area contributed by atoms with Gasteiger partial charge in [-0.15, -0.1) is 6.58 Å². The Balaban J connectivity index is 1.16. The summed E-state index contributed by atoms with van der Waals surface area (Å²) in [5.41, 5.74) is 4.48. The molecule has 0 bridgehead atoms. The average molecular weight is 545 g/mol. The van der Waals surface area contributed by atoms with Crippen molar-refractivity contribution in [2.45, 2.75) is 76.7 Å². The van der Waals surface area contributed by atoms with Crippen molar-refractivity contribution in [1.82, 2.24) is 0 Å². The van der Waals surface area contributed by atoms with Crippen molar-refractivity contribution in [3.05, 3.63) is 90.5 Å². The van der Waals surface area contributed by atoms with Gasteiger partial charge in [0.15, 0.2) is 11.6 Å². The van der Waals surface area contributed by atoms with Crippen LogP contribution in [0.3, 0.4) is 0 Å². The van der Waals surface area contributed by atoms with Gasteiger partial charge in [0, 0.05) is 12.2 Å². The SMILES string of the molecule is C=CCCC1CCC(C2CCC(c3ccc(-c4ccc(-c5ccc(OCCC)c(F)c5F)cc4)cc3)CC2)OC1. The Hall–Kier alpha value is -2.98. The fourth-order valence-corrected chi connectivity index (χ4v) is 6.47. The molecule has 2 unspecified atom stereocenters. The molecule has 0 spiro atoms. The predicted molar refractivity (Wildman–Crippen MR) is 160 cm³/mol. The van der Waals surface area contributed by atoms with E-state index in [1.165, 1.54) is 56.6 Å². The highest BCUT2D eigenvalue weighted by Crippen LogP contribution is 2.41. The molecule has 2 fully saturated rings. The lowest BCUT2D eigenvalue weighted by atomic mass is 9.75. The van der Waals surface area contributed by atoms with E-state index in [4.69, 9.17) is 9.47 Å². The first-order valence-electron chi connectivity index (χ1n) is 15.1. The zero-order valence-electron chi connectivity index (χ0n) is 23.7. The van der Waals surface area contributed by atoms with Gasteiger partial charge in [-0.1, -0.05) is 61.5 Å². The molecule has 2 aliphatic rings. The van der Waals surface area contributed by atoms with Crippen molar-refractivity contribution in [1.29, 1.82) is 0 Å². The quantitative estimate of drug-likeness (QED) is 0.236. The van der Waals surface area contributed by atoms with Crippen LogP contribution in [-0.4, -0.2) is 19.3 Å². The second-order valence-electron chi connectivity index (χ2n) is 11.6. The fourth-order valence-electron chi connectivity index (χ4n) is 6.47.